The quantitative estimate of drug-likeness (QED) is 0.821. The molecular formula is C14H18FN3. The molecule has 2 rings (SSSR count). The summed E-state index contributed by atoms with van der Waals surface area (Å²) in [6.07, 6.45) is 2.75. The molecule has 18 heavy (non-hydrogen) atoms. The zero-order valence-electron chi connectivity index (χ0n) is 10.8. The number of rotatable bonds is 5. The van der Waals surface area contributed by atoms with Crippen molar-refractivity contribution in [3.8, 4) is 0 Å². The van der Waals surface area contributed by atoms with Crippen molar-refractivity contribution in [1.29, 1.82) is 0 Å². The molecule has 1 heterocycles. The summed E-state index contributed by atoms with van der Waals surface area (Å²) in [5.41, 5.74) is 3.34. The summed E-state index contributed by atoms with van der Waals surface area (Å²) in [4.78, 5) is 0. The van der Waals surface area contributed by atoms with Crippen LogP contribution >= 0.6 is 0 Å². The van der Waals surface area contributed by atoms with Crippen LogP contribution in [-0.2, 0) is 20.0 Å². The summed E-state index contributed by atoms with van der Waals surface area (Å²) >= 11 is 0. The maximum Gasteiger partial charge on any atom is 0.123 e. The number of nitrogens with zero attached hydrogens (tertiary/aromatic N) is 2. The van der Waals surface area contributed by atoms with E-state index in [4.69, 9.17) is 0 Å². The Kier molecular flexibility index (Phi) is 4.10. The third kappa shape index (κ3) is 3.17. The minimum Gasteiger partial charge on any atom is -0.312 e. The third-order valence-electron chi connectivity index (χ3n) is 3.10. The molecule has 0 atom stereocenters. The van der Waals surface area contributed by atoms with Gasteiger partial charge in [-0.25, -0.2) is 4.39 Å². The van der Waals surface area contributed by atoms with Crippen LogP contribution in [0.3, 0.4) is 0 Å². The van der Waals surface area contributed by atoms with Crippen molar-refractivity contribution in [2.24, 2.45) is 7.05 Å². The molecule has 1 aromatic carbocycles. The fourth-order valence-corrected chi connectivity index (χ4v) is 1.94. The van der Waals surface area contributed by atoms with E-state index in [2.05, 4.69) is 10.4 Å². The lowest BCUT2D eigenvalue weighted by atomic mass is 10.1. The fourth-order valence-electron chi connectivity index (χ4n) is 1.94. The Morgan fingerprint density at radius 1 is 1.33 bits per heavy atom. The summed E-state index contributed by atoms with van der Waals surface area (Å²) in [5, 5.41) is 7.49. The average molecular weight is 247 g/mol. The molecule has 3 nitrogen and oxygen atoms in total. The van der Waals surface area contributed by atoms with Crippen molar-refractivity contribution in [2.75, 3.05) is 6.54 Å². The maximum atomic E-state index is 12.9. The molecule has 0 bridgehead atoms. The van der Waals surface area contributed by atoms with Crippen molar-refractivity contribution in [3.05, 3.63) is 53.1 Å². The van der Waals surface area contributed by atoms with Gasteiger partial charge in [0.1, 0.15) is 5.82 Å². The Morgan fingerprint density at radius 2 is 2.17 bits per heavy atom. The van der Waals surface area contributed by atoms with Crippen LogP contribution < -0.4 is 5.32 Å². The van der Waals surface area contributed by atoms with Crippen LogP contribution in [0.15, 0.2) is 30.5 Å². The number of aromatic nitrogens is 2. The first-order valence-electron chi connectivity index (χ1n) is 6.09. The second-order valence-electron chi connectivity index (χ2n) is 4.44. The first-order valence-corrected chi connectivity index (χ1v) is 6.09. The molecule has 0 aliphatic carbocycles. The van der Waals surface area contributed by atoms with Crippen molar-refractivity contribution in [2.45, 2.75) is 19.9 Å². The van der Waals surface area contributed by atoms with Gasteiger partial charge in [0.05, 0.1) is 0 Å². The summed E-state index contributed by atoms with van der Waals surface area (Å²) in [6.45, 7) is 3.58. The molecule has 0 saturated heterocycles. The van der Waals surface area contributed by atoms with E-state index >= 15 is 0 Å². The Labute approximate surface area is 107 Å². The highest BCUT2D eigenvalue weighted by molar-refractivity contribution is 5.26. The summed E-state index contributed by atoms with van der Waals surface area (Å²) in [7, 11) is 1.94. The van der Waals surface area contributed by atoms with E-state index in [0.717, 1.165) is 30.6 Å². The van der Waals surface area contributed by atoms with Crippen LogP contribution in [0.5, 0.6) is 0 Å². The smallest absolute Gasteiger partial charge is 0.123 e. The SMILES string of the molecule is Cc1cc(F)ccc1CNCCc1ccnn1C. The molecule has 0 radical (unpaired) electrons. The Hall–Kier alpha value is -1.68. The first kappa shape index (κ1) is 12.8. The number of nitrogens with one attached hydrogen (secondary N) is 1. The van der Waals surface area contributed by atoms with Crippen LogP contribution in [0.4, 0.5) is 4.39 Å². The minimum atomic E-state index is -0.175. The van der Waals surface area contributed by atoms with Gasteiger partial charge in [0.2, 0.25) is 0 Å². The van der Waals surface area contributed by atoms with Crippen LogP contribution in [0.25, 0.3) is 0 Å². The molecule has 0 saturated carbocycles. The molecule has 1 N–H and O–H groups in total. The third-order valence-corrected chi connectivity index (χ3v) is 3.10. The zero-order chi connectivity index (χ0) is 13.0. The van der Waals surface area contributed by atoms with E-state index in [1.807, 2.05) is 30.8 Å². The molecule has 1 aromatic heterocycles. The van der Waals surface area contributed by atoms with Gasteiger partial charge in [-0.2, -0.15) is 5.10 Å². The maximum absolute atomic E-state index is 12.9. The molecule has 0 aliphatic heterocycles. The topological polar surface area (TPSA) is 29.9 Å². The van der Waals surface area contributed by atoms with Gasteiger partial charge in [0.15, 0.2) is 0 Å². The minimum absolute atomic E-state index is 0.175. The van der Waals surface area contributed by atoms with Crippen LogP contribution in [0, 0.1) is 12.7 Å². The monoisotopic (exact) mass is 247 g/mol. The van der Waals surface area contributed by atoms with Gasteiger partial charge < -0.3 is 5.32 Å². The molecule has 4 heteroatoms. The van der Waals surface area contributed by atoms with Gasteiger partial charge in [0, 0.05) is 38.4 Å². The average Bonchev–Trinajstić information content (AvgIpc) is 2.73. The predicted molar refractivity (Wildman–Crippen MR) is 69.8 cm³/mol. The Balaban J connectivity index is 1.80. The summed E-state index contributed by atoms with van der Waals surface area (Å²) < 4.78 is 14.8. The first-order chi connectivity index (χ1) is 8.66. The second kappa shape index (κ2) is 5.78. The molecule has 96 valence electrons. The van der Waals surface area contributed by atoms with Crippen molar-refractivity contribution in [3.63, 3.8) is 0 Å². The molecule has 2 aromatic rings. The van der Waals surface area contributed by atoms with Gasteiger partial charge in [-0.15, -0.1) is 0 Å². The number of hydrogen-bond donors (Lipinski definition) is 1. The molecule has 0 fully saturated rings. The Bertz CT molecular complexity index is 520. The van der Waals surface area contributed by atoms with E-state index in [0.29, 0.717) is 0 Å². The number of hydrogen-bond acceptors (Lipinski definition) is 2. The van der Waals surface area contributed by atoms with Crippen molar-refractivity contribution >= 4 is 0 Å². The van der Waals surface area contributed by atoms with E-state index in [-0.39, 0.29) is 5.82 Å². The standard InChI is InChI=1S/C14H18FN3/c1-11-9-13(15)4-3-12(11)10-16-7-5-14-6-8-17-18(14)2/h3-4,6,8-9,16H,5,7,10H2,1-2H3. The molecule has 0 spiro atoms. The largest absolute Gasteiger partial charge is 0.312 e. The van der Waals surface area contributed by atoms with E-state index in [9.17, 15) is 4.39 Å². The van der Waals surface area contributed by atoms with Crippen LogP contribution in [0.1, 0.15) is 16.8 Å². The van der Waals surface area contributed by atoms with E-state index in [1.54, 1.807) is 12.3 Å². The molecule has 0 amide bonds. The lowest BCUT2D eigenvalue weighted by molar-refractivity contribution is 0.620. The fraction of sp³-hybridized carbons (Fsp3) is 0.357. The van der Waals surface area contributed by atoms with Crippen molar-refractivity contribution in [1.82, 2.24) is 15.1 Å². The highest BCUT2D eigenvalue weighted by Crippen LogP contribution is 2.09. The number of benzene rings is 1. The number of halogens is 1. The number of aryl methyl sites for hydroxylation is 2. The van der Waals surface area contributed by atoms with Crippen LogP contribution in [0.2, 0.25) is 0 Å². The summed E-state index contributed by atoms with van der Waals surface area (Å²) in [5.74, 6) is -0.175. The van der Waals surface area contributed by atoms with Gasteiger partial charge in [-0.05, 0) is 36.2 Å². The lowest BCUT2D eigenvalue weighted by Gasteiger charge is -2.08. The highest BCUT2D eigenvalue weighted by Gasteiger charge is 2.01. The molecular weight excluding hydrogens is 229 g/mol. The lowest BCUT2D eigenvalue weighted by Crippen LogP contribution is -2.18. The highest BCUT2D eigenvalue weighted by atomic mass is 19.1. The van der Waals surface area contributed by atoms with Gasteiger partial charge in [0.25, 0.3) is 0 Å². The summed E-state index contributed by atoms with van der Waals surface area (Å²) in [6, 6.07) is 6.93. The predicted octanol–water partition coefficient (Wildman–Crippen LogP) is 2.20. The molecule has 0 unspecified atom stereocenters. The zero-order valence-corrected chi connectivity index (χ0v) is 10.8. The van der Waals surface area contributed by atoms with Crippen LogP contribution in [-0.4, -0.2) is 16.3 Å². The normalized spacial score (nSPS) is 10.8. The van der Waals surface area contributed by atoms with E-state index in [1.165, 1.54) is 11.8 Å². The van der Waals surface area contributed by atoms with E-state index < -0.39 is 0 Å². The molecule has 0 aliphatic rings. The second-order valence-corrected chi connectivity index (χ2v) is 4.44. The van der Waals surface area contributed by atoms with Crippen molar-refractivity contribution < 1.29 is 4.39 Å². The Morgan fingerprint density at radius 3 is 2.83 bits per heavy atom. The van der Waals surface area contributed by atoms with Gasteiger partial charge in [-0.1, -0.05) is 6.07 Å². The van der Waals surface area contributed by atoms with Gasteiger partial charge in [-0.3, -0.25) is 4.68 Å². The van der Waals surface area contributed by atoms with Gasteiger partial charge >= 0.3 is 0 Å².